The molecule has 0 bridgehead atoms. The van der Waals surface area contributed by atoms with Crippen molar-refractivity contribution in [2.24, 2.45) is 5.92 Å². The predicted molar refractivity (Wildman–Crippen MR) is 113 cm³/mol. The highest BCUT2D eigenvalue weighted by atomic mass is 16.6. The fourth-order valence-corrected chi connectivity index (χ4v) is 3.13. The number of hydrogen-bond acceptors (Lipinski definition) is 5. The lowest BCUT2D eigenvalue weighted by Gasteiger charge is -2.13. The molecule has 1 aromatic heterocycles. The van der Waals surface area contributed by atoms with Crippen LogP contribution in [0.5, 0.6) is 5.75 Å². The summed E-state index contributed by atoms with van der Waals surface area (Å²) < 4.78 is 16.9. The van der Waals surface area contributed by atoms with Crippen molar-refractivity contribution in [3.8, 4) is 17.1 Å². The van der Waals surface area contributed by atoms with Crippen molar-refractivity contribution in [3.63, 3.8) is 0 Å². The molecular weight excluding hydrogens is 368 g/mol. The number of esters is 1. The van der Waals surface area contributed by atoms with Crippen LogP contribution in [0.1, 0.15) is 30.5 Å². The van der Waals surface area contributed by atoms with Gasteiger partial charge >= 0.3 is 5.97 Å². The largest absolute Gasteiger partial charge is 0.474 e. The van der Waals surface area contributed by atoms with Crippen molar-refractivity contribution >= 4 is 16.9 Å². The Kier molecular flexibility index (Phi) is 6.06. The van der Waals surface area contributed by atoms with Gasteiger partial charge in [-0.05, 0) is 43.9 Å². The van der Waals surface area contributed by atoms with Crippen LogP contribution in [0.3, 0.4) is 0 Å². The molecule has 0 spiro atoms. The zero-order valence-corrected chi connectivity index (χ0v) is 17.5. The maximum Gasteiger partial charge on any atom is 0.344 e. The van der Waals surface area contributed by atoms with Gasteiger partial charge in [0.1, 0.15) is 5.58 Å². The van der Waals surface area contributed by atoms with Crippen LogP contribution in [0.15, 0.2) is 45.6 Å². The zero-order chi connectivity index (χ0) is 21.1. The van der Waals surface area contributed by atoms with Crippen LogP contribution in [-0.2, 0) is 9.53 Å². The fourth-order valence-electron chi connectivity index (χ4n) is 3.13. The van der Waals surface area contributed by atoms with Crippen LogP contribution in [0, 0.1) is 26.7 Å². The summed E-state index contributed by atoms with van der Waals surface area (Å²) in [5, 5.41) is 0.456. The van der Waals surface area contributed by atoms with E-state index in [0.29, 0.717) is 28.9 Å². The lowest BCUT2D eigenvalue weighted by Crippen LogP contribution is -2.20. The third kappa shape index (κ3) is 4.67. The highest BCUT2D eigenvalue weighted by Gasteiger charge is 2.20. The summed E-state index contributed by atoms with van der Waals surface area (Å²) in [7, 11) is 0. The van der Waals surface area contributed by atoms with Crippen LogP contribution < -0.4 is 10.2 Å². The van der Waals surface area contributed by atoms with Crippen LogP contribution in [0.2, 0.25) is 0 Å². The molecule has 0 aliphatic rings. The van der Waals surface area contributed by atoms with Gasteiger partial charge < -0.3 is 13.9 Å². The third-order valence-electron chi connectivity index (χ3n) is 4.52. The Balaban J connectivity index is 2.08. The van der Waals surface area contributed by atoms with Gasteiger partial charge in [-0.15, -0.1) is 0 Å². The minimum atomic E-state index is -0.520. The van der Waals surface area contributed by atoms with Gasteiger partial charge in [0.2, 0.25) is 11.2 Å². The van der Waals surface area contributed by atoms with Crippen LogP contribution in [0.25, 0.3) is 22.3 Å². The number of hydrogen-bond donors (Lipinski definition) is 0. The molecule has 29 heavy (non-hydrogen) atoms. The Morgan fingerprint density at radius 1 is 1.03 bits per heavy atom. The minimum absolute atomic E-state index is 0.0230. The molecule has 5 heteroatoms. The Labute approximate surface area is 170 Å². The van der Waals surface area contributed by atoms with E-state index < -0.39 is 5.97 Å². The van der Waals surface area contributed by atoms with E-state index in [9.17, 15) is 9.59 Å². The van der Waals surface area contributed by atoms with Crippen LogP contribution in [0.4, 0.5) is 0 Å². The number of fused-ring (bicyclic) bond motifs is 1. The standard InChI is InChI=1S/C24H26O5/c1-14(2)12-27-20(25)13-28-24-22(26)21-17(5)10-16(4)11-19(21)29-23(24)18-8-6-15(3)7-9-18/h6-11,14H,12-13H2,1-5H3. The topological polar surface area (TPSA) is 65.7 Å². The van der Waals surface area contributed by atoms with Gasteiger partial charge in [0, 0.05) is 5.56 Å². The molecule has 0 saturated carbocycles. The second-order valence-electron chi connectivity index (χ2n) is 7.78. The lowest BCUT2D eigenvalue weighted by molar-refractivity contribution is -0.147. The molecule has 0 fully saturated rings. The number of benzene rings is 2. The summed E-state index contributed by atoms with van der Waals surface area (Å²) >= 11 is 0. The molecule has 0 amide bonds. The van der Waals surface area contributed by atoms with Crippen molar-refractivity contribution in [2.75, 3.05) is 13.2 Å². The Bertz CT molecular complexity index is 1090. The number of carbonyl (C=O) groups excluding carboxylic acids is 1. The summed E-state index contributed by atoms with van der Waals surface area (Å²) in [5.41, 5.74) is 3.80. The molecule has 0 atom stereocenters. The summed E-state index contributed by atoms with van der Waals surface area (Å²) in [5.74, 6) is 0.0336. The summed E-state index contributed by atoms with van der Waals surface area (Å²) in [4.78, 5) is 25.3. The molecule has 0 N–H and O–H groups in total. The molecular formula is C24H26O5. The first-order chi connectivity index (χ1) is 13.8. The van der Waals surface area contributed by atoms with Crippen molar-refractivity contribution < 1.29 is 18.7 Å². The van der Waals surface area contributed by atoms with Crippen molar-refractivity contribution in [2.45, 2.75) is 34.6 Å². The van der Waals surface area contributed by atoms with E-state index in [1.807, 2.05) is 71.0 Å². The summed E-state index contributed by atoms with van der Waals surface area (Å²) in [6.45, 7) is 9.64. The first-order valence-electron chi connectivity index (χ1n) is 9.69. The molecule has 0 aliphatic carbocycles. The van der Waals surface area contributed by atoms with Crippen molar-refractivity contribution in [1.82, 2.24) is 0 Å². The maximum atomic E-state index is 13.3. The zero-order valence-electron chi connectivity index (χ0n) is 17.5. The van der Waals surface area contributed by atoms with Gasteiger partial charge in [0.25, 0.3) is 0 Å². The van der Waals surface area contributed by atoms with Gasteiger partial charge in [-0.2, -0.15) is 0 Å². The normalized spacial score (nSPS) is 11.1. The Morgan fingerprint density at radius 3 is 2.38 bits per heavy atom. The highest BCUT2D eigenvalue weighted by Crippen LogP contribution is 2.32. The number of ether oxygens (including phenoxy) is 2. The molecule has 1 heterocycles. The van der Waals surface area contributed by atoms with Gasteiger partial charge in [0.05, 0.1) is 12.0 Å². The number of aryl methyl sites for hydroxylation is 3. The molecule has 3 aromatic rings. The van der Waals surface area contributed by atoms with Gasteiger partial charge in [-0.3, -0.25) is 4.79 Å². The van der Waals surface area contributed by atoms with Crippen LogP contribution in [-0.4, -0.2) is 19.2 Å². The van der Waals surface area contributed by atoms with Gasteiger partial charge in [-0.1, -0.05) is 49.7 Å². The smallest absolute Gasteiger partial charge is 0.344 e. The molecule has 152 valence electrons. The van der Waals surface area contributed by atoms with Crippen molar-refractivity contribution in [3.05, 3.63) is 63.3 Å². The first kappa shape index (κ1) is 20.6. The molecule has 3 rings (SSSR count). The van der Waals surface area contributed by atoms with E-state index in [0.717, 1.165) is 16.7 Å². The van der Waals surface area contributed by atoms with Gasteiger partial charge in [0.15, 0.2) is 12.4 Å². The second kappa shape index (κ2) is 8.52. The summed E-state index contributed by atoms with van der Waals surface area (Å²) in [6, 6.07) is 11.4. The Morgan fingerprint density at radius 2 is 1.72 bits per heavy atom. The van der Waals surface area contributed by atoms with E-state index >= 15 is 0 Å². The van der Waals surface area contributed by atoms with E-state index in [1.165, 1.54) is 0 Å². The Hall–Kier alpha value is -3.08. The monoisotopic (exact) mass is 394 g/mol. The highest BCUT2D eigenvalue weighted by molar-refractivity contribution is 5.85. The molecule has 5 nitrogen and oxygen atoms in total. The van der Waals surface area contributed by atoms with E-state index in [-0.39, 0.29) is 23.7 Å². The SMILES string of the molecule is Cc1ccc(-c2oc3cc(C)cc(C)c3c(=O)c2OCC(=O)OCC(C)C)cc1. The maximum absolute atomic E-state index is 13.3. The van der Waals surface area contributed by atoms with Gasteiger partial charge in [-0.25, -0.2) is 4.79 Å². The van der Waals surface area contributed by atoms with E-state index in [2.05, 4.69) is 0 Å². The fraction of sp³-hybridized carbons (Fsp3) is 0.333. The molecule has 0 unspecified atom stereocenters. The number of rotatable bonds is 6. The number of carbonyl (C=O) groups is 1. The minimum Gasteiger partial charge on any atom is -0.474 e. The molecule has 0 radical (unpaired) electrons. The molecule has 0 aliphatic heterocycles. The van der Waals surface area contributed by atoms with Crippen molar-refractivity contribution in [1.29, 1.82) is 0 Å². The quantitative estimate of drug-likeness (QED) is 0.553. The first-order valence-corrected chi connectivity index (χ1v) is 9.69. The molecule has 2 aromatic carbocycles. The van der Waals surface area contributed by atoms with Crippen LogP contribution >= 0.6 is 0 Å². The summed E-state index contributed by atoms with van der Waals surface area (Å²) in [6.07, 6.45) is 0. The van der Waals surface area contributed by atoms with E-state index in [1.54, 1.807) is 0 Å². The predicted octanol–water partition coefficient (Wildman–Crippen LogP) is 4.96. The average molecular weight is 394 g/mol. The third-order valence-corrected chi connectivity index (χ3v) is 4.52. The lowest BCUT2D eigenvalue weighted by atomic mass is 10.0. The average Bonchev–Trinajstić information content (AvgIpc) is 2.65. The van der Waals surface area contributed by atoms with E-state index in [4.69, 9.17) is 13.9 Å². The molecule has 0 saturated heterocycles. The second-order valence-corrected chi connectivity index (χ2v) is 7.78.